The monoisotopic (exact) mass is 430 g/mol. The van der Waals surface area contributed by atoms with Gasteiger partial charge in [0, 0.05) is 65.4 Å². The second-order valence-corrected chi connectivity index (χ2v) is 8.43. The summed E-state index contributed by atoms with van der Waals surface area (Å²) in [6.07, 6.45) is 1.57. The van der Waals surface area contributed by atoms with Crippen molar-refractivity contribution >= 4 is 12.1 Å². The minimum absolute atomic E-state index is 0.209. The number of nitrogens with zero attached hydrogens (tertiary/aromatic N) is 4. The van der Waals surface area contributed by atoms with Crippen molar-refractivity contribution in [2.24, 2.45) is 4.99 Å². The number of piperidine rings is 1. The second kappa shape index (κ2) is 11.9. The molecule has 1 aromatic rings. The maximum Gasteiger partial charge on any atom is 0.409 e. The van der Waals surface area contributed by atoms with Gasteiger partial charge in [0.1, 0.15) is 0 Å². The van der Waals surface area contributed by atoms with Gasteiger partial charge in [0.05, 0.1) is 6.61 Å². The maximum atomic E-state index is 11.8. The summed E-state index contributed by atoms with van der Waals surface area (Å²) in [5, 5.41) is 6.90. The molecule has 2 aliphatic rings. The van der Waals surface area contributed by atoms with E-state index < -0.39 is 0 Å². The number of benzene rings is 1. The molecule has 0 radical (unpaired) electrons. The molecule has 2 aliphatic heterocycles. The number of aliphatic imine (C=N–C) groups is 1. The fraction of sp³-hybridized carbons (Fsp3) is 0.652. The van der Waals surface area contributed by atoms with Crippen LogP contribution in [0.2, 0.25) is 0 Å². The van der Waals surface area contributed by atoms with E-state index in [1.807, 2.05) is 6.92 Å². The van der Waals surface area contributed by atoms with Gasteiger partial charge in [-0.15, -0.1) is 0 Å². The van der Waals surface area contributed by atoms with Crippen molar-refractivity contribution in [1.29, 1.82) is 0 Å². The lowest BCUT2D eigenvalue weighted by atomic mass is 10.1. The van der Waals surface area contributed by atoms with Crippen LogP contribution in [0.1, 0.15) is 30.9 Å². The smallest absolute Gasteiger partial charge is 0.409 e. The lowest BCUT2D eigenvalue weighted by molar-refractivity contribution is 0.0963. The van der Waals surface area contributed by atoms with Gasteiger partial charge in [-0.3, -0.25) is 9.89 Å². The molecule has 31 heavy (non-hydrogen) atoms. The minimum Gasteiger partial charge on any atom is -0.450 e. The summed E-state index contributed by atoms with van der Waals surface area (Å²) in [7, 11) is 3.98. The predicted molar refractivity (Wildman–Crippen MR) is 124 cm³/mol. The van der Waals surface area contributed by atoms with Crippen LogP contribution >= 0.6 is 0 Å². The van der Waals surface area contributed by atoms with E-state index in [9.17, 15) is 4.79 Å². The summed E-state index contributed by atoms with van der Waals surface area (Å²) in [6.45, 7) is 10.0. The largest absolute Gasteiger partial charge is 0.450 e. The van der Waals surface area contributed by atoms with Gasteiger partial charge >= 0.3 is 6.09 Å². The summed E-state index contributed by atoms with van der Waals surface area (Å²) in [6, 6.07) is 9.17. The van der Waals surface area contributed by atoms with Crippen molar-refractivity contribution in [1.82, 2.24) is 25.3 Å². The Hall–Kier alpha value is -2.32. The van der Waals surface area contributed by atoms with Crippen LogP contribution in [0.5, 0.6) is 0 Å². The Bertz CT molecular complexity index is 707. The van der Waals surface area contributed by atoms with Crippen LogP contribution in [-0.4, -0.2) is 92.8 Å². The molecule has 0 atom stereocenters. The van der Waals surface area contributed by atoms with Gasteiger partial charge < -0.3 is 25.2 Å². The van der Waals surface area contributed by atoms with E-state index in [2.05, 4.69) is 56.7 Å². The average molecular weight is 431 g/mol. The normalized spacial score (nSPS) is 19.3. The van der Waals surface area contributed by atoms with Crippen molar-refractivity contribution < 1.29 is 9.53 Å². The maximum absolute atomic E-state index is 11.8. The molecule has 0 saturated carbocycles. The highest BCUT2D eigenvalue weighted by Gasteiger charge is 2.24. The highest BCUT2D eigenvalue weighted by Crippen LogP contribution is 2.12. The Morgan fingerprint density at radius 1 is 1.06 bits per heavy atom. The Morgan fingerprint density at radius 3 is 2.32 bits per heavy atom. The number of hydrogen-bond donors (Lipinski definition) is 2. The number of nitrogens with one attached hydrogen (secondary N) is 2. The Kier molecular flexibility index (Phi) is 8.97. The minimum atomic E-state index is -0.209. The van der Waals surface area contributed by atoms with Crippen molar-refractivity contribution in [3.8, 4) is 0 Å². The fourth-order valence-corrected chi connectivity index (χ4v) is 4.02. The lowest BCUT2D eigenvalue weighted by Gasteiger charge is -2.32. The Morgan fingerprint density at radius 2 is 1.71 bits per heavy atom. The summed E-state index contributed by atoms with van der Waals surface area (Å²) in [5.74, 6) is 0.802. The van der Waals surface area contributed by atoms with Crippen molar-refractivity contribution in [2.45, 2.75) is 38.9 Å². The summed E-state index contributed by atoms with van der Waals surface area (Å²) >= 11 is 0. The third-order valence-corrected chi connectivity index (χ3v) is 6.07. The van der Waals surface area contributed by atoms with Crippen molar-refractivity contribution in [3.05, 3.63) is 35.4 Å². The first-order valence-corrected chi connectivity index (χ1v) is 11.4. The molecule has 2 saturated heterocycles. The zero-order chi connectivity index (χ0) is 22.1. The van der Waals surface area contributed by atoms with Gasteiger partial charge in [0.15, 0.2) is 5.96 Å². The number of guanidine groups is 1. The summed E-state index contributed by atoms with van der Waals surface area (Å²) < 4.78 is 5.09. The van der Waals surface area contributed by atoms with Crippen molar-refractivity contribution in [3.63, 3.8) is 0 Å². The van der Waals surface area contributed by atoms with Gasteiger partial charge in [-0.2, -0.15) is 0 Å². The SMILES string of the molecule is CCOC(=O)N1CCC(NC(=NC)NCc2ccc(CN3CCN(C)CC3)cc2)CC1. The molecule has 0 spiro atoms. The van der Waals surface area contributed by atoms with Crippen LogP contribution in [-0.2, 0) is 17.8 Å². The number of amides is 1. The number of ether oxygens (including phenoxy) is 1. The molecule has 0 unspecified atom stereocenters. The molecule has 0 aromatic heterocycles. The van der Waals surface area contributed by atoms with Gasteiger partial charge in [-0.1, -0.05) is 24.3 Å². The highest BCUT2D eigenvalue weighted by molar-refractivity contribution is 5.80. The molecule has 0 bridgehead atoms. The van der Waals surface area contributed by atoms with E-state index in [0.717, 1.165) is 58.1 Å². The number of likely N-dealkylation sites (N-methyl/N-ethyl adjacent to an activating group) is 1. The molecule has 2 fully saturated rings. The summed E-state index contributed by atoms with van der Waals surface area (Å²) in [5.41, 5.74) is 2.60. The van der Waals surface area contributed by atoms with Crippen LogP contribution in [0.3, 0.4) is 0 Å². The Labute approximate surface area is 186 Å². The quantitative estimate of drug-likeness (QED) is 0.529. The first kappa shape index (κ1) is 23.3. The molecule has 172 valence electrons. The predicted octanol–water partition coefficient (Wildman–Crippen LogP) is 1.72. The molecule has 2 heterocycles. The number of carbonyl (C=O) groups is 1. The number of likely N-dealkylation sites (tertiary alicyclic amines) is 1. The summed E-state index contributed by atoms with van der Waals surface area (Å²) in [4.78, 5) is 22.9. The molecule has 2 N–H and O–H groups in total. The van der Waals surface area contributed by atoms with E-state index in [1.54, 1.807) is 11.9 Å². The van der Waals surface area contributed by atoms with Crippen LogP contribution in [0.4, 0.5) is 4.79 Å². The van der Waals surface area contributed by atoms with Gasteiger partial charge in [-0.05, 0) is 37.9 Å². The van der Waals surface area contributed by atoms with Gasteiger partial charge in [0.25, 0.3) is 0 Å². The van der Waals surface area contributed by atoms with Gasteiger partial charge in [0.2, 0.25) is 0 Å². The topological polar surface area (TPSA) is 72.4 Å². The number of carbonyl (C=O) groups excluding carboxylic acids is 1. The molecule has 8 nitrogen and oxygen atoms in total. The zero-order valence-electron chi connectivity index (χ0n) is 19.3. The van der Waals surface area contributed by atoms with Crippen LogP contribution < -0.4 is 10.6 Å². The highest BCUT2D eigenvalue weighted by atomic mass is 16.6. The molecule has 3 rings (SSSR count). The number of hydrogen-bond acceptors (Lipinski definition) is 5. The van der Waals surface area contributed by atoms with E-state index in [0.29, 0.717) is 25.7 Å². The van der Waals surface area contributed by atoms with Crippen LogP contribution in [0, 0.1) is 0 Å². The molecular formula is C23H38N6O2. The van der Waals surface area contributed by atoms with E-state index in [-0.39, 0.29) is 6.09 Å². The second-order valence-electron chi connectivity index (χ2n) is 8.43. The third kappa shape index (κ3) is 7.40. The van der Waals surface area contributed by atoms with E-state index >= 15 is 0 Å². The molecule has 1 aromatic carbocycles. The number of piperazine rings is 1. The van der Waals surface area contributed by atoms with E-state index in [4.69, 9.17) is 4.74 Å². The van der Waals surface area contributed by atoms with E-state index in [1.165, 1.54) is 11.1 Å². The average Bonchev–Trinajstić information content (AvgIpc) is 2.79. The molecule has 0 aliphatic carbocycles. The zero-order valence-corrected chi connectivity index (χ0v) is 19.3. The Balaban J connectivity index is 1.39. The lowest BCUT2D eigenvalue weighted by Crippen LogP contribution is -2.49. The number of rotatable bonds is 6. The molecular weight excluding hydrogens is 392 g/mol. The standard InChI is InChI=1S/C23H38N6O2/c1-4-31-23(30)29-11-9-21(10-12-29)26-22(24-2)25-17-19-5-7-20(8-6-19)18-28-15-13-27(3)14-16-28/h5-8,21H,4,9-18H2,1-3H3,(H2,24,25,26). The molecule has 8 heteroatoms. The van der Waals surface area contributed by atoms with Gasteiger partial charge in [-0.25, -0.2) is 4.79 Å². The van der Waals surface area contributed by atoms with Crippen molar-refractivity contribution in [2.75, 3.05) is 60.0 Å². The molecule has 1 amide bonds. The third-order valence-electron chi connectivity index (χ3n) is 6.07. The fourth-order valence-electron chi connectivity index (χ4n) is 4.02. The van der Waals surface area contributed by atoms with Crippen LogP contribution in [0.25, 0.3) is 0 Å². The van der Waals surface area contributed by atoms with Crippen LogP contribution in [0.15, 0.2) is 29.3 Å². The first-order valence-electron chi connectivity index (χ1n) is 11.4. The first-order chi connectivity index (χ1) is 15.1.